The molecule has 1 unspecified atom stereocenters. The van der Waals surface area contributed by atoms with Crippen molar-refractivity contribution in [2.24, 2.45) is 0 Å². The summed E-state index contributed by atoms with van der Waals surface area (Å²) in [5.41, 5.74) is 0.231. The number of rotatable bonds is 4. The molecule has 1 amide bonds. The van der Waals surface area contributed by atoms with Gasteiger partial charge in [-0.3, -0.25) is 9.89 Å². The van der Waals surface area contributed by atoms with Gasteiger partial charge in [-0.25, -0.2) is 4.79 Å². The molecule has 0 bridgehead atoms. The maximum absolute atomic E-state index is 12.4. The second kappa shape index (κ2) is 6.25. The maximum atomic E-state index is 12.4. The highest BCUT2D eigenvalue weighted by Crippen LogP contribution is 2.29. The van der Waals surface area contributed by atoms with E-state index in [2.05, 4.69) is 15.5 Å². The zero-order valence-electron chi connectivity index (χ0n) is 12.0. The SMILES string of the molecule is O=C(NC1(C(=O)O)CCSC1)c1cc(-c2ccccc2Cl)n[nH]1. The first-order chi connectivity index (χ1) is 11.0. The van der Waals surface area contributed by atoms with Crippen LogP contribution in [-0.4, -0.2) is 44.2 Å². The molecule has 1 aliphatic rings. The Morgan fingerprint density at radius 1 is 1.39 bits per heavy atom. The molecule has 0 radical (unpaired) electrons. The smallest absolute Gasteiger partial charge is 0.330 e. The molecule has 2 heterocycles. The fraction of sp³-hybridized carbons (Fsp3) is 0.267. The molecular formula is C15H14ClN3O3S. The highest BCUT2D eigenvalue weighted by atomic mass is 35.5. The zero-order valence-corrected chi connectivity index (χ0v) is 13.6. The van der Waals surface area contributed by atoms with Gasteiger partial charge in [0.25, 0.3) is 5.91 Å². The topological polar surface area (TPSA) is 95.1 Å². The molecule has 1 saturated heterocycles. The van der Waals surface area contributed by atoms with Gasteiger partial charge in [0.05, 0.1) is 10.7 Å². The van der Waals surface area contributed by atoms with Crippen LogP contribution < -0.4 is 5.32 Å². The normalized spacial score (nSPS) is 20.4. The van der Waals surface area contributed by atoms with Gasteiger partial charge >= 0.3 is 5.97 Å². The number of hydrogen-bond acceptors (Lipinski definition) is 4. The van der Waals surface area contributed by atoms with Crippen molar-refractivity contribution in [3.05, 3.63) is 41.0 Å². The number of carboxylic acids is 1. The number of nitrogens with zero attached hydrogens (tertiary/aromatic N) is 1. The number of nitrogens with one attached hydrogen (secondary N) is 2. The van der Waals surface area contributed by atoms with E-state index in [1.54, 1.807) is 24.3 Å². The van der Waals surface area contributed by atoms with E-state index >= 15 is 0 Å². The van der Waals surface area contributed by atoms with Gasteiger partial charge in [0.1, 0.15) is 11.2 Å². The van der Waals surface area contributed by atoms with Crippen molar-refractivity contribution in [3.63, 3.8) is 0 Å². The summed E-state index contributed by atoms with van der Waals surface area (Å²) in [6.07, 6.45) is 0.407. The molecule has 2 aromatic rings. The van der Waals surface area contributed by atoms with Gasteiger partial charge in [-0.05, 0) is 24.3 Å². The summed E-state index contributed by atoms with van der Waals surface area (Å²) in [5, 5.41) is 19.3. The quantitative estimate of drug-likeness (QED) is 0.786. The van der Waals surface area contributed by atoms with Gasteiger partial charge in [0, 0.05) is 11.3 Å². The fourth-order valence-electron chi connectivity index (χ4n) is 2.42. The third kappa shape index (κ3) is 3.07. The second-order valence-electron chi connectivity index (χ2n) is 5.29. The molecule has 1 aromatic carbocycles. The first-order valence-electron chi connectivity index (χ1n) is 6.96. The van der Waals surface area contributed by atoms with Crippen LogP contribution in [-0.2, 0) is 4.79 Å². The Bertz CT molecular complexity index is 756. The van der Waals surface area contributed by atoms with E-state index in [9.17, 15) is 14.7 Å². The van der Waals surface area contributed by atoms with E-state index in [4.69, 9.17) is 11.6 Å². The Hall–Kier alpha value is -1.99. The van der Waals surface area contributed by atoms with Crippen molar-refractivity contribution in [2.45, 2.75) is 12.0 Å². The summed E-state index contributed by atoms with van der Waals surface area (Å²) >= 11 is 7.63. The van der Waals surface area contributed by atoms with Gasteiger partial charge in [-0.15, -0.1) is 0 Å². The minimum absolute atomic E-state index is 0.206. The summed E-state index contributed by atoms with van der Waals surface area (Å²) in [7, 11) is 0. The Labute approximate surface area is 141 Å². The lowest BCUT2D eigenvalue weighted by Gasteiger charge is -2.23. The van der Waals surface area contributed by atoms with E-state index in [-0.39, 0.29) is 5.69 Å². The zero-order chi connectivity index (χ0) is 16.4. The molecule has 23 heavy (non-hydrogen) atoms. The molecule has 120 valence electrons. The highest BCUT2D eigenvalue weighted by Gasteiger charge is 2.43. The summed E-state index contributed by atoms with van der Waals surface area (Å²) in [6.45, 7) is 0. The third-order valence-electron chi connectivity index (χ3n) is 3.76. The number of aromatic amines is 1. The average molecular weight is 352 g/mol. The molecule has 1 fully saturated rings. The predicted octanol–water partition coefficient (Wildman–Crippen LogP) is 2.42. The predicted molar refractivity (Wildman–Crippen MR) is 88.8 cm³/mol. The van der Waals surface area contributed by atoms with Gasteiger partial charge in [-0.2, -0.15) is 16.9 Å². The molecule has 0 spiro atoms. The van der Waals surface area contributed by atoms with Crippen molar-refractivity contribution < 1.29 is 14.7 Å². The van der Waals surface area contributed by atoms with E-state index in [1.807, 2.05) is 6.07 Å². The van der Waals surface area contributed by atoms with Crippen molar-refractivity contribution in [1.29, 1.82) is 0 Å². The number of thioether (sulfide) groups is 1. The van der Waals surface area contributed by atoms with Crippen LogP contribution in [0, 0.1) is 0 Å². The number of carboxylic acid groups (broad SMARTS) is 1. The van der Waals surface area contributed by atoms with E-state index in [0.29, 0.717) is 34.2 Å². The molecule has 3 N–H and O–H groups in total. The molecule has 8 heteroatoms. The van der Waals surface area contributed by atoms with Crippen LogP contribution in [0.25, 0.3) is 11.3 Å². The number of hydrogen-bond donors (Lipinski definition) is 3. The van der Waals surface area contributed by atoms with E-state index < -0.39 is 17.4 Å². The number of H-pyrrole nitrogens is 1. The average Bonchev–Trinajstić information content (AvgIpc) is 3.17. The van der Waals surface area contributed by atoms with Gasteiger partial charge in [-0.1, -0.05) is 29.8 Å². The Balaban J connectivity index is 1.82. The van der Waals surface area contributed by atoms with Crippen LogP contribution >= 0.6 is 23.4 Å². The van der Waals surface area contributed by atoms with Crippen LogP contribution in [0.2, 0.25) is 5.02 Å². The van der Waals surface area contributed by atoms with Crippen LogP contribution in [0.1, 0.15) is 16.9 Å². The number of carbonyl (C=O) groups excluding carboxylic acids is 1. The molecule has 3 rings (SSSR count). The molecule has 1 aliphatic heterocycles. The molecular weight excluding hydrogens is 338 g/mol. The monoisotopic (exact) mass is 351 g/mol. The Kier molecular flexibility index (Phi) is 4.32. The minimum atomic E-state index is -1.21. The van der Waals surface area contributed by atoms with Gasteiger partial charge < -0.3 is 10.4 Å². The Morgan fingerprint density at radius 3 is 2.83 bits per heavy atom. The summed E-state index contributed by atoms with van der Waals surface area (Å²) in [4.78, 5) is 23.8. The number of carbonyl (C=O) groups is 2. The standard InChI is InChI=1S/C15H14ClN3O3S/c16-10-4-2-1-3-9(10)11-7-12(19-18-11)13(20)17-15(14(21)22)5-6-23-8-15/h1-4,7H,5-6,8H2,(H,17,20)(H,18,19)(H,21,22). The third-order valence-corrected chi connectivity index (χ3v) is 5.28. The van der Waals surface area contributed by atoms with E-state index in [1.165, 1.54) is 11.8 Å². The fourth-order valence-corrected chi connectivity index (χ4v) is 3.97. The number of aliphatic carboxylic acids is 1. The molecule has 1 atom stereocenters. The Morgan fingerprint density at radius 2 is 2.17 bits per heavy atom. The lowest BCUT2D eigenvalue weighted by Crippen LogP contribution is -2.54. The first kappa shape index (κ1) is 15.9. The highest BCUT2D eigenvalue weighted by molar-refractivity contribution is 7.99. The lowest BCUT2D eigenvalue weighted by atomic mass is 9.99. The number of aromatic nitrogens is 2. The number of halogens is 1. The first-order valence-corrected chi connectivity index (χ1v) is 8.49. The van der Waals surface area contributed by atoms with Crippen molar-refractivity contribution in [3.8, 4) is 11.3 Å². The van der Waals surface area contributed by atoms with Crippen LogP contribution in [0.5, 0.6) is 0 Å². The van der Waals surface area contributed by atoms with Crippen molar-refractivity contribution >= 4 is 35.2 Å². The van der Waals surface area contributed by atoms with Gasteiger partial charge in [0.2, 0.25) is 0 Å². The minimum Gasteiger partial charge on any atom is -0.479 e. The van der Waals surface area contributed by atoms with Crippen LogP contribution in [0.4, 0.5) is 0 Å². The van der Waals surface area contributed by atoms with Gasteiger partial charge in [0.15, 0.2) is 0 Å². The largest absolute Gasteiger partial charge is 0.479 e. The molecule has 1 aromatic heterocycles. The molecule has 0 saturated carbocycles. The second-order valence-corrected chi connectivity index (χ2v) is 6.80. The molecule has 0 aliphatic carbocycles. The summed E-state index contributed by atoms with van der Waals surface area (Å²) in [6, 6.07) is 8.73. The van der Waals surface area contributed by atoms with Crippen LogP contribution in [0.15, 0.2) is 30.3 Å². The summed E-state index contributed by atoms with van der Waals surface area (Å²) in [5.74, 6) is -0.428. The van der Waals surface area contributed by atoms with Crippen LogP contribution in [0.3, 0.4) is 0 Å². The van der Waals surface area contributed by atoms with Crippen molar-refractivity contribution in [1.82, 2.24) is 15.5 Å². The van der Waals surface area contributed by atoms with Crippen molar-refractivity contribution in [2.75, 3.05) is 11.5 Å². The molecule has 6 nitrogen and oxygen atoms in total. The van der Waals surface area contributed by atoms with E-state index in [0.717, 1.165) is 0 Å². The summed E-state index contributed by atoms with van der Waals surface area (Å²) < 4.78 is 0. The lowest BCUT2D eigenvalue weighted by molar-refractivity contribution is -0.143. The maximum Gasteiger partial charge on any atom is 0.330 e. The number of benzene rings is 1. The number of amides is 1.